The Morgan fingerprint density at radius 2 is 1.97 bits per heavy atom. The van der Waals surface area contributed by atoms with Crippen LogP contribution in [0.4, 0.5) is 10.7 Å². The van der Waals surface area contributed by atoms with Gasteiger partial charge in [0.1, 0.15) is 22.0 Å². The van der Waals surface area contributed by atoms with Crippen molar-refractivity contribution >= 4 is 33.9 Å². The Bertz CT molecular complexity index is 1140. The van der Waals surface area contributed by atoms with Crippen molar-refractivity contribution in [1.82, 2.24) is 9.78 Å². The van der Waals surface area contributed by atoms with E-state index in [1.165, 1.54) is 11.3 Å². The first-order valence-electron chi connectivity index (χ1n) is 10.2. The number of rotatable bonds is 9. The van der Waals surface area contributed by atoms with E-state index >= 15 is 0 Å². The first-order valence-corrected chi connectivity index (χ1v) is 11.0. The van der Waals surface area contributed by atoms with E-state index in [1.54, 1.807) is 25.5 Å². The second-order valence-electron chi connectivity index (χ2n) is 7.09. The number of nitro groups is 1. The monoisotopic (exact) mass is 456 g/mol. The van der Waals surface area contributed by atoms with Crippen LogP contribution >= 0.6 is 11.3 Å². The number of ether oxygens (including phenoxy) is 1. The Balaban J connectivity index is 1.70. The molecular formula is C22H24N4O5S. The molecule has 3 rings (SSSR count). The van der Waals surface area contributed by atoms with E-state index in [1.807, 2.05) is 35.7 Å². The molecular weight excluding hydrogens is 432 g/mol. The molecule has 0 unspecified atom stereocenters. The van der Waals surface area contributed by atoms with Gasteiger partial charge in [-0.25, -0.2) is 4.79 Å². The zero-order chi connectivity index (χ0) is 23.3. The fourth-order valence-electron chi connectivity index (χ4n) is 3.43. The predicted molar refractivity (Wildman–Crippen MR) is 122 cm³/mol. The number of thiophene rings is 1. The summed E-state index contributed by atoms with van der Waals surface area (Å²) in [6.45, 7) is 5.56. The topological polar surface area (TPSA) is 116 Å². The summed E-state index contributed by atoms with van der Waals surface area (Å²) in [5.41, 5.74) is 2.72. The van der Waals surface area contributed by atoms with E-state index in [2.05, 4.69) is 10.4 Å². The molecule has 0 saturated heterocycles. The molecule has 2 aromatic heterocycles. The molecule has 10 heteroatoms. The summed E-state index contributed by atoms with van der Waals surface area (Å²) >= 11 is 1.27. The van der Waals surface area contributed by atoms with Gasteiger partial charge >= 0.3 is 11.7 Å². The first kappa shape index (κ1) is 23.1. The summed E-state index contributed by atoms with van der Waals surface area (Å²) in [5, 5.41) is 20.4. The van der Waals surface area contributed by atoms with Gasteiger partial charge in [-0.1, -0.05) is 30.3 Å². The number of hydrogen-bond donors (Lipinski definition) is 1. The molecule has 0 fully saturated rings. The van der Waals surface area contributed by atoms with Crippen LogP contribution in [0.5, 0.6) is 0 Å². The maximum Gasteiger partial charge on any atom is 0.341 e. The number of anilines is 1. The van der Waals surface area contributed by atoms with Crippen LogP contribution in [0.3, 0.4) is 0 Å². The van der Waals surface area contributed by atoms with Gasteiger partial charge in [0.25, 0.3) is 0 Å². The molecule has 0 radical (unpaired) electrons. The van der Waals surface area contributed by atoms with Crippen molar-refractivity contribution in [1.29, 1.82) is 0 Å². The van der Waals surface area contributed by atoms with E-state index in [9.17, 15) is 19.7 Å². The molecule has 0 spiro atoms. The lowest BCUT2D eigenvalue weighted by Gasteiger charge is -2.09. The van der Waals surface area contributed by atoms with Crippen LogP contribution < -0.4 is 5.32 Å². The molecule has 1 N–H and O–H groups in total. The van der Waals surface area contributed by atoms with Crippen LogP contribution in [0.1, 0.15) is 41.5 Å². The summed E-state index contributed by atoms with van der Waals surface area (Å²) in [6.07, 6.45) is 0.615. The van der Waals surface area contributed by atoms with Gasteiger partial charge in [-0.2, -0.15) is 5.10 Å². The maximum absolute atomic E-state index is 12.6. The van der Waals surface area contributed by atoms with Crippen LogP contribution in [-0.4, -0.2) is 33.2 Å². The highest BCUT2D eigenvalue weighted by Crippen LogP contribution is 2.36. The highest BCUT2D eigenvalue weighted by Gasteiger charge is 2.23. The minimum Gasteiger partial charge on any atom is -0.462 e. The molecule has 0 atom stereocenters. The van der Waals surface area contributed by atoms with Gasteiger partial charge in [-0.15, -0.1) is 11.3 Å². The van der Waals surface area contributed by atoms with Crippen molar-refractivity contribution in [3.05, 3.63) is 62.8 Å². The number of hydrogen-bond acceptors (Lipinski definition) is 7. The summed E-state index contributed by atoms with van der Waals surface area (Å²) in [5.74, 6) is -0.745. The second kappa shape index (κ2) is 10.2. The summed E-state index contributed by atoms with van der Waals surface area (Å²) in [4.78, 5) is 35.8. The molecule has 0 bridgehead atoms. The lowest BCUT2D eigenvalue weighted by molar-refractivity contribution is -0.386. The fourth-order valence-corrected chi connectivity index (χ4v) is 4.41. The Morgan fingerprint density at radius 3 is 2.59 bits per heavy atom. The van der Waals surface area contributed by atoms with Crippen LogP contribution in [0.15, 0.2) is 35.7 Å². The number of nitrogens with one attached hydrogen (secondary N) is 1. The minimum atomic E-state index is -0.488. The molecule has 9 nitrogen and oxygen atoms in total. The van der Waals surface area contributed by atoms with Gasteiger partial charge in [0.05, 0.1) is 11.5 Å². The van der Waals surface area contributed by atoms with Crippen LogP contribution in [0, 0.1) is 24.0 Å². The average molecular weight is 457 g/mol. The molecule has 168 valence electrons. The van der Waals surface area contributed by atoms with Crippen LogP contribution in [0.2, 0.25) is 0 Å². The number of carbonyl (C=O) groups is 2. The average Bonchev–Trinajstić information content (AvgIpc) is 3.29. The largest absolute Gasteiger partial charge is 0.462 e. The third kappa shape index (κ3) is 5.02. The van der Waals surface area contributed by atoms with Crippen molar-refractivity contribution < 1.29 is 19.2 Å². The molecule has 0 aliphatic rings. The minimum absolute atomic E-state index is 0.000516. The van der Waals surface area contributed by atoms with Gasteiger partial charge < -0.3 is 10.1 Å². The number of esters is 1. The molecule has 0 aliphatic heterocycles. The molecule has 1 aromatic carbocycles. The maximum atomic E-state index is 12.6. The normalized spacial score (nSPS) is 10.7. The molecule has 1 amide bonds. The number of aryl methyl sites for hydroxylation is 2. The predicted octanol–water partition coefficient (Wildman–Crippen LogP) is 4.73. The summed E-state index contributed by atoms with van der Waals surface area (Å²) in [6, 6.07) is 9.43. The van der Waals surface area contributed by atoms with Crippen molar-refractivity contribution in [3.63, 3.8) is 0 Å². The summed E-state index contributed by atoms with van der Waals surface area (Å²) < 4.78 is 6.75. The van der Waals surface area contributed by atoms with Gasteiger partial charge in [0, 0.05) is 23.9 Å². The Kier molecular flexibility index (Phi) is 7.37. The van der Waals surface area contributed by atoms with Crippen LogP contribution in [-0.2, 0) is 16.1 Å². The molecule has 2 heterocycles. The Morgan fingerprint density at radius 1 is 1.25 bits per heavy atom. The van der Waals surface area contributed by atoms with Gasteiger partial charge in [0.15, 0.2) is 0 Å². The number of benzene rings is 1. The lowest BCUT2D eigenvalue weighted by Crippen LogP contribution is -2.15. The number of amides is 1. The van der Waals surface area contributed by atoms with Crippen molar-refractivity contribution in [2.24, 2.45) is 0 Å². The lowest BCUT2D eigenvalue weighted by atomic mass is 10.0. The van der Waals surface area contributed by atoms with Crippen LogP contribution in [0.25, 0.3) is 11.1 Å². The van der Waals surface area contributed by atoms with Crippen molar-refractivity contribution in [2.75, 3.05) is 11.9 Å². The molecule has 0 aliphatic carbocycles. The quantitative estimate of drug-likeness (QED) is 0.283. The molecule has 0 saturated carbocycles. The Labute approximate surface area is 189 Å². The van der Waals surface area contributed by atoms with E-state index in [-0.39, 0.29) is 24.6 Å². The zero-order valence-electron chi connectivity index (χ0n) is 18.1. The third-order valence-corrected chi connectivity index (χ3v) is 5.80. The van der Waals surface area contributed by atoms with Gasteiger partial charge in [-0.05, 0) is 32.8 Å². The Hall–Kier alpha value is -3.53. The highest BCUT2D eigenvalue weighted by atomic mass is 32.1. The van der Waals surface area contributed by atoms with E-state index < -0.39 is 10.9 Å². The number of aromatic nitrogens is 2. The van der Waals surface area contributed by atoms with Gasteiger partial charge in [0.2, 0.25) is 5.91 Å². The molecule has 32 heavy (non-hydrogen) atoms. The number of carbonyl (C=O) groups excluding carboxylic acids is 2. The van der Waals surface area contributed by atoms with E-state index in [0.717, 1.165) is 5.56 Å². The third-order valence-electron chi connectivity index (χ3n) is 4.91. The highest BCUT2D eigenvalue weighted by molar-refractivity contribution is 7.15. The van der Waals surface area contributed by atoms with Gasteiger partial charge in [-0.3, -0.25) is 19.6 Å². The SMILES string of the molecule is CCOC(=O)c1c(-c2ccccc2)csc1NC(=O)CCCn1nc(C)c([N+](=O)[O-])c1C. The smallest absolute Gasteiger partial charge is 0.341 e. The second-order valence-corrected chi connectivity index (χ2v) is 7.97. The fraction of sp³-hybridized carbons (Fsp3) is 0.318. The molecule has 3 aromatic rings. The summed E-state index contributed by atoms with van der Waals surface area (Å²) in [7, 11) is 0. The van der Waals surface area contributed by atoms with E-state index in [4.69, 9.17) is 4.74 Å². The van der Waals surface area contributed by atoms with Crippen molar-refractivity contribution in [2.45, 2.75) is 40.2 Å². The standard InChI is InChI=1S/C22H24N4O5S/c1-4-31-22(28)19-17(16-9-6-5-7-10-16)13-32-21(19)23-18(27)11-8-12-25-15(3)20(26(29)30)14(2)24-25/h5-7,9-10,13H,4,8,11-12H2,1-3H3,(H,23,27). The van der Waals surface area contributed by atoms with E-state index in [0.29, 0.717) is 40.5 Å². The zero-order valence-corrected chi connectivity index (χ0v) is 18.9. The first-order chi connectivity index (χ1) is 15.3. The number of nitrogens with zero attached hydrogens (tertiary/aromatic N) is 3. The van der Waals surface area contributed by atoms with Crippen molar-refractivity contribution in [3.8, 4) is 11.1 Å².